The zero-order valence-corrected chi connectivity index (χ0v) is 47.6. The van der Waals surface area contributed by atoms with Gasteiger partial charge < -0.3 is 14.2 Å². The van der Waals surface area contributed by atoms with Crippen LogP contribution in [0.25, 0.3) is 11.0 Å². The van der Waals surface area contributed by atoms with Crippen molar-refractivity contribution in [3.05, 3.63) is 178 Å². The molecule has 14 rings (SSSR count). The first-order valence-corrected chi connectivity index (χ1v) is 28.7. The lowest BCUT2D eigenvalue weighted by Gasteiger charge is -2.47. The van der Waals surface area contributed by atoms with Gasteiger partial charge in [-0.05, 0) is 212 Å². The minimum Gasteiger partial charge on any atom is -0.440 e. The van der Waals surface area contributed by atoms with Crippen LogP contribution in [0.2, 0.25) is 0 Å². The van der Waals surface area contributed by atoms with Gasteiger partial charge in [0, 0.05) is 50.7 Å². The Bertz CT molecular complexity index is 3680. The number of para-hydroxylation sites is 2. The molecular formula is C71H76BN3O. The summed E-state index contributed by atoms with van der Waals surface area (Å²) in [6, 6.07) is 54.4. The topological polar surface area (TPSA) is 22.9 Å². The molecule has 0 amide bonds. The van der Waals surface area contributed by atoms with Gasteiger partial charge in [-0.2, -0.15) is 0 Å². The van der Waals surface area contributed by atoms with E-state index in [1.54, 1.807) is 0 Å². The molecule has 8 aromatic rings. The van der Waals surface area contributed by atoms with Crippen LogP contribution < -0.4 is 31.1 Å². The lowest BCUT2D eigenvalue weighted by atomic mass is 9.33. The largest absolute Gasteiger partial charge is 0.440 e. The van der Waals surface area contributed by atoms with Gasteiger partial charge in [0.2, 0.25) is 5.88 Å². The molecule has 7 aromatic carbocycles. The van der Waals surface area contributed by atoms with Gasteiger partial charge in [0.05, 0.1) is 5.69 Å². The molecule has 1 saturated carbocycles. The number of hydrogen-bond donors (Lipinski definition) is 0. The Morgan fingerprint density at radius 1 is 0.447 bits per heavy atom. The molecule has 2 bridgehead atoms. The summed E-state index contributed by atoms with van der Waals surface area (Å²) in [7, 11) is 0. The fraction of sp³-hybridized carbons (Fsp3) is 0.380. The van der Waals surface area contributed by atoms with E-state index in [0.717, 1.165) is 59.2 Å². The summed E-state index contributed by atoms with van der Waals surface area (Å²) in [5.41, 5.74) is 25.0. The van der Waals surface area contributed by atoms with Crippen LogP contribution in [0.5, 0.6) is 0 Å². The maximum atomic E-state index is 7.70. The number of benzene rings is 7. The Hall–Kier alpha value is -6.46. The van der Waals surface area contributed by atoms with Crippen molar-refractivity contribution in [2.24, 2.45) is 0 Å². The molecule has 2 atom stereocenters. The van der Waals surface area contributed by atoms with Gasteiger partial charge in [-0.15, -0.1) is 0 Å². The van der Waals surface area contributed by atoms with Crippen molar-refractivity contribution in [2.45, 2.75) is 173 Å². The molecule has 0 saturated heterocycles. The van der Waals surface area contributed by atoms with Crippen LogP contribution in [-0.4, -0.2) is 6.71 Å². The van der Waals surface area contributed by atoms with Gasteiger partial charge >= 0.3 is 0 Å². The van der Waals surface area contributed by atoms with Gasteiger partial charge in [-0.3, -0.25) is 4.90 Å². The van der Waals surface area contributed by atoms with E-state index in [-0.39, 0.29) is 44.6 Å². The lowest BCUT2D eigenvalue weighted by molar-refractivity contribution is 0.332. The molecule has 76 heavy (non-hydrogen) atoms. The molecule has 4 aliphatic carbocycles. The minimum atomic E-state index is -0.104. The number of nitrogens with zero attached hydrogens (tertiary/aromatic N) is 3. The predicted octanol–water partition coefficient (Wildman–Crippen LogP) is 17.7. The van der Waals surface area contributed by atoms with Crippen LogP contribution in [0.4, 0.5) is 51.4 Å². The van der Waals surface area contributed by atoms with Crippen LogP contribution in [0, 0.1) is 0 Å². The molecular weight excluding hydrogens is 922 g/mol. The molecule has 384 valence electrons. The average Bonchev–Trinajstić information content (AvgIpc) is 4.03. The highest BCUT2D eigenvalue weighted by Gasteiger charge is 2.55. The number of furan rings is 1. The second-order valence-electron chi connectivity index (χ2n) is 28.5. The third kappa shape index (κ3) is 6.81. The molecule has 2 unspecified atom stereocenters. The van der Waals surface area contributed by atoms with Gasteiger partial charge in [0.1, 0.15) is 5.58 Å². The second-order valence-corrected chi connectivity index (χ2v) is 28.5. The summed E-state index contributed by atoms with van der Waals surface area (Å²) >= 11 is 0. The van der Waals surface area contributed by atoms with Gasteiger partial charge in [-0.25, -0.2) is 0 Å². The van der Waals surface area contributed by atoms with Gasteiger partial charge in [0.25, 0.3) is 6.71 Å². The molecule has 0 radical (unpaired) electrons. The fourth-order valence-electron chi connectivity index (χ4n) is 15.7. The Morgan fingerprint density at radius 3 is 1.54 bits per heavy atom. The van der Waals surface area contributed by atoms with E-state index in [2.05, 4.69) is 244 Å². The second kappa shape index (κ2) is 15.6. The van der Waals surface area contributed by atoms with Gasteiger partial charge in [-0.1, -0.05) is 151 Å². The average molecular weight is 998 g/mol. The summed E-state index contributed by atoms with van der Waals surface area (Å²) in [5, 5.41) is 1.26. The van der Waals surface area contributed by atoms with Crippen LogP contribution in [0.3, 0.4) is 0 Å². The molecule has 3 heterocycles. The highest BCUT2D eigenvalue weighted by Crippen LogP contribution is 2.62. The Kier molecular flexibility index (Phi) is 9.85. The van der Waals surface area contributed by atoms with E-state index in [9.17, 15) is 0 Å². The Morgan fingerprint density at radius 2 is 0.961 bits per heavy atom. The van der Waals surface area contributed by atoms with E-state index >= 15 is 0 Å². The molecule has 1 aromatic heterocycles. The highest BCUT2D eigenvalue weighted by molar-refractivity contribution is 7.01. The standard InChI is InChI=1S/C71H76BN3O/c1-65(2,3)44-24-26-47(27-25-44)75-60-38-49(73(45-20-16-14-17-21-45)46-22-18-15-19-23-46)37-59-63(60)72(62-50-39-55-56(42-61(50)76-64(62)75)71(13)35-34-70(55,12)43-71)57-40-53-54(69(10,11)33-32-68(53,8)9)41-58(57)74(59)48-28-29-51-52(36-48)67(6,7)31-30-66(51,4)5/h14-29,36-42H,30-35,43H2,1-13H3. The molecule has 2 aliphatic heterocycles. The molecule has 6 aliphatic rings. The molecule has 0 N–H and O–H groups in total. The van der Waals surface area contributed by atoms with E-state index in [1.165, 1.54) is 103 Å². The van der Waals surface area contributed by atoms with Crippen molar-refractivity contribution in [1.29, 1.82) is 0 Å². The van der Waals surface area contributed by atoms with Gasteiger partial charge in [0.15, 0.2) is 0 Å². The normalized spacial score (nSPS) is 22.6. The minimum absolute atomic E-state index is 0.000371. The summed E-state index contributed by atoms with van der Waals surface area (Å²) in [4.78, 5) is 7.70. The quantitative estimate of drug-likeness (QED) is 0.160. The van der Waals surface area contributed by atoms with Crippen LogP contribution in [0.1, 0.15) is 174 Å². The fourth-order valence-corrected chi connectivity index (χ4v) is 15.7. The van der Waals surface area contributed by atoms with Crippen molar-refractivity contribution in [1.82, 2.24) is 0 Å². The van der Waals surface area contributed by atoms with Crippen molar-refractivity contribution in [2.75, 3.05) is 14.7 Å². The monoisotopic (exact) mass is 998 g/mol. The summed E-state index contributed by atoms with van der Waals surface area (Å²) in [6.07, 6.45) is 8.30. The van der Waals surface area contributed by atoms with Crippen LogP contribution >= 0.6 is 0 Å². The summed E-state index contributed by atoms with van der Waals surface area (Å²) in [5.74, 6) is 0.936. The van der Waals surface area contributed by atoms with Crippen molar-refractivity contribution >= 4 is 85.5 Å². The van der Waals surface area contributed by atoms with Crippen molar-refractivity contribution in [3.8, 4) is 0 Å². The Labute approximate surface area is 453 Å². The van der Waals surface area contributed by atoms with E-state index < -0.39 is 0 Å². The maximum Gasteiger partial charge on any atom is 0.257 e. The predicted molar refractivity (Wildman–Crippen MR) is 323 cm³/mol. The molecule has 5 heteroatoms. The molecule has 0 spiro atoms. The summed E-state index contributed by atoms with van der Waals surface area (Å²) in [6.45, 7) is 31.7. The molecule has 4 nitrogen and oxygen atoms in total. The first-order valence-electron chi connectivity index (χ1n) is 28.7. The number of rotatable bonds is 5. The summed E-state index contributed by atoms with van der Waals surface area (Å²) < 4.78 is 7.70. The first-order chi connectivity index (χ1) is 36.0. The smallest absolute Gasteiger partial charge is 0.257 e. The van der Waals surface area contributed by atoms with Crippen molar-refractivity contribution in [3.63, 3.8) is 0 Å². The number of fused-ring (bicyclic) bond motifs is 13. The highest BCUT2D eigenvalue weighted by atomic mass is 16.4. The number of anilines is 9. The third-order valence-electron chi connectivity index (χ3n) is 20.5. The zero-order chi connectivity index (χ0) is 52.9. The lowest BCUT2D eigenvalue weighted by Crippen LogP contribution is -2.61. The third-order valence-corrected chi connectivity index (χ3v) is 20.5. The number of hydrogen-bond acceptors (Lipinski definition) is 4. The maximum absolute atomic E-state index is 7.70. The SMILES string of the molecule is CC(C)(C)c1ccc(N2c3cc(N(c4ccccc4)c4ccccc4)cc4c3B(c3cc5c(cc3N4c3ccc4c(c3)C(C)(C)CCC4(C)C)C(C)(C)CCC5(C)C)c3c2oc2cc4c(cc32)C2(C)CCC4(C)C2)cc1. The zero-order valence-electron chi connectivity index (χ0n) is 47.6. The van der Waals surface area contributed by atoms with E-state index in [0.29, 0.717) is 0 Å². The molecule has 1 fully saturated rings. The first kappa shape index (κ1) is 48.0. The Balaban J connectivity index is 1.15. The van der Waals surface area contributed by atoms with Crippen LogP contribution in [0.15, 0.2) is 144 Å². The van der Waals surface area contributed by atoms with Crippen LogP contribution in [-0.2, 0) is 37.9 Å². The van der Waals surface area contributed by atoms with E-state index in [1.807, 2.05) is 0 Å². The van der Waals surface area contributed by atoms with Crippen molar-refractivity contribution < 1.29 is 4.42 Å². The van der Waals surface area contributed by atoms with E-state index in [4.69, 9.17) is 4.42 Å².